The lowest BCUT2D eigenvalue weighted by molar-refractivity contribution is -0.00704. The number of rotatable bonds is 3. The monoisotopic (exact) mass is 383 g/mol. The molecular formula is C22H29N3O3. The highest BCUT2D eigenvalue weighted by Gasteiger charge is 2.33. The number of ether oxygens (including phenoxy) is 2. The molecule has 4 rings (SSSR count). The van der Waals surface area contributed by atoms with Crippen molar-refractivity contribution in [2.24, 2.45) is 0 Å². The second-order valence-corrected chi connectivity index (χ2v) is 8.11. The Morgan fingerprint density at radius 3 is 2.68 bits per heavy atom. The number of aromatic nitrogens is 2. The van der Waals surface area contributed by atoms with Crippen molar-refractivity contribution in [2.45, 2.75) is 65.3 Å². The predicted molar refractivity (Wildman–Crippen MR) is 107 cm³/mol. The van der Waals surface area contributed by atoms with Crippen molar-refractivity contribution in [3.05, 3.63) is 46.3 Å². The van der Waals surface area contributed by atoms with Crippen molar-refractivity contribution >= 4 is 5.91 Å². The van der Waals surface area contributed by atoms with Gasteiger partial charge < -0.3 is 14.4 Å². The molecule has 2 aliphatic rings. The van der Waals surface area contributed by atoms with Crippen LogP contribution in [0.5, 0.6) is 5.75 Å². The van der Waals surface area contributed by atoms with Crippen molar-refractivity contribution in [1.82, 2.24) is 15.1 Å². The van der Waals surface area contributed by atoms with Gasteiger partial charge in [-0.15, -0.1) is 0 Å². The summed E-state index contributed by atoms with van der Waals surface area (Å²) in [6.45, 7) is 9.62. The number of piperidine rings is 1. The molecule has 1 amide bonds. The number of fused-ring (bicyclic) bond motifs is 1. The molecule has 6 nitrogen and oxygen atoms in total. The van der Waals surface area contributed by atoms with Gasteiger partial charge in [-0.1, -0.05) is 6.07 Å². The summed E-state index contributed by atoms with van der Waals surface area (Å²) >= 11 is 0. The molecule has 0 unspecified atom stereocenters. The van der Waals surface area contributed by atoms with E-state index in [1.807, 2.05) is 24.8 Å². The molecule has 2 atom stereocenters. The average Bonchev–Trinajstić information content (AvgIpc) is 3.09. The van der Waals surface area contributed by atoms with E-state index in [2.05, 4.69) is 36.2 Å². The Morgan fingerprint density at radius 1 is 1.21 bits per heavy atom. The van der Waals surface area contributed by atoms with Crippen LogP contribution in [0.3, 0.4) is 0 Å². The van der Waals surface area contributed by atoms with Crippen LogP contribution in [0.25, 0.3) is 0 Å². The van der Waals surface area contributed by atoms with Gasteiger partial charge in [0, 0.05) is 37.9 Å². The fraction of sp³-hybridized carbons (Fsp3) is 0.545. The van der Waals surface area contributed by atoms with Gasteiger partial charge in [-0.25, -0.2) is 0 Å². The molecule has 1 aromatic heterocycles. The minimum Gasteiger partial charge on any atom is -0.490 e. The quantitative estimate of drug-likeness (QED) is 0.877. The molecule has 0 spiro atoms. The summed E-state index contributed by atoms with van der Waals surface area (Å²) in [7, 11) is 0. The Morgan fingerprint density at radius 2 is 1.96 bits per heavy atom. The van der Waals surface area contributed by atoms with Crippen LogP contribution in [0.1, 0.15) is 65.7 Å². The first kappa shape index (κ1) is 19.0. The van der Waals surface area contributed by atoms with Crippen molar-refractivity contribution in [1.29, 1.82) is 0 Å². The molecule has 2 aromatic rings. The van der Waals surface area contributed by atoms with E-state index in [0.29, 0.717) is 18.8 Å². The van der Waals surface area contributed by atoms with Crippen LogP contribution in [0.4, 0.5) is 0 Å². The summed E-state index contributed by atoms with van der Waals surface area (Å²) < 4.78 is 12.0. The number of nitrogens with zero attached hydrogens (tertiary/aromatic N) is 2. The molecule has 1 N–H and O–H groups in total. The number of benzene rings is 1. The lowest BCUT2D eigenvalue weighted by Crippen LogP contribution is -2.42. The van der Waals surface area contributed by atoms with E-state index in [-0.39, 0.29) is 24.2 Å². The molecule has 2 aliphatic heterocycles. The summed E-state index contributed by atoms with van der Waals surface area (Å²) in [6, 6.07) is 6.21. The fourth-order valence-corrected chi connectivity index (χ4v) is 4.16. The van der Waals surface area contributed by atoms with E-state index in [1.54, 1.807) is 0 Å². The molecule has 0 radical (unpaired) electrons. The summed E-state index contributed by atoms with van der Waals surface area (Å²) in [5, 5.41) is 7.36. The number of H-pyrrole nitrogens is 1. The van der Waals surface area contributed by atoms with Crippen LogP contribution >= 0.6 is 0 Å². The second kappa shape index (κ2) is 7.59. The lowest BCUT2D eigenvalue weighted by Gasteiger charge is -2.32. The van der Waals surface area contributed by atoms with Crippen molar-refractivity contribution in [2.75, 3.05) is 13.1 Å². The van der Waals surface area contributed by atoms with E-state index in [9.17, 15) is 4.79 Å². The third-order valence-corrected chi connectivity index (χ3v) is 5.95. The van der Waals surface area contributed by atoms with Gasteiger partial charge in [-0.2, -0.15) is 5.10 Å². The molecule has 6 heteroatoms. The number of carbonyl (C=O) groups is 1. The van der Waals surface area contributed by atoms with Crippen LogP contribution in [-0.2, 0) is 11.2 Å². The number of nitrogens with one attached hydrogen (secondary N) is 1. The number of amides is 1. The number of aryl methyl sites for hydroxylation is 2. The highest BCUT2D eigenvalue weighted by atomic mass is 16.5. The zero-order chi connectivity index (χ0) is 19.8. The molecule has 0 saturated carbocycles. The zero-order valence-electron chi connectivity index (χ0n) is 17.1. The topological polar surface area (TPSA) is 67.5 Å². The molecular weight excluding hydrogens is 354 g/mol. The van der Waals surface area contributed by atoms with E-state index < -0.39 is 0 Å². The molecule has 0 bridgehead atoms. The first-order valence-electron chi connectivity index (χ1n) is 10.2. The van der Waals surface area contributed by atoms with Gasteiger partial charge in [-0.3, -0.25) is 9.89 Å². The van der Waals surface area contributed by atoms with Gasteiger partial charge in [-0.05, 0) is 51.0 Å². The average molecular weight is 383 g/mol. The maximum Gasteiger partial charge on any atom is 0.274 e. The van der Waals surface area contributed by atoms with Crippen molar-refractivity contribution in [3.8, 4) is 5.75 Å². The summed E-state index contributed by atoms with van der Waals surface area (Å²) in [5.41, 5.74) is 5.02. The lowest BCUT2D eigenvalue weighted by atomic mass is 9.98. The smallest absolute Gasteiger partial charge is 0.274 e. The van der Waals surface area contributed by atoms with E-state index in [4.69, 9.17) is 9.47 Å². The second-order valence-electron chi connectivity index (χ2n) is 8.11. The van der Waals surface area contributed by atoms with Crippen LogP contribution in [0.2, 0.25) is 0 Å². The molecule has 150 valence electrons. The van der Waals surface area contributed by atoms with Crippen LogP contribution in [-0.4, -0.2) is 46.3 Å². The first-order chi connectivity index (χ1) is 13.4. The number of carbonyl (C=O) groups excluding carboxylic acids is 1. The van der Waals surface area contributed by atoms with Gasteiger partial charge in [0.2, 0.25) is 0 Å². The standard InChI is InChI=1S/C22H29N3O3/c1-13-5-6-18(11-14(13)2)28-17-7-9-25(10-8-17)22(26)21-19-12-15(3)27-16(4)20(19)23-24-21/h5-6,11,15-17H,7-10,12H2,1-4H3,(H,23,24)/t15-,16+/m1/s1. The van der Waals surface area contributed by atoms with Crippen LogP contribution < -0.4 is 4.74 Å². The minimum absolute atomic E-state index is 0.0171. The fourth-order valence-electron chi connectivity index (χ4n) is 4.16. The summed E-state index contributed by atoms with van der Waals surface area (Å²) in [4.78, 5) is 15.0. The van der Waals surface area contributed by atoms with E-state index in [1.165, 1.54) is 11.1 Å². The normalized spacial score (nSPS) is 22.8. The van der Waals surface area contributed by atoms with Gasteiger partial charge in [0.1, 0.15) is 11.9 Å². The maximum absolute atomic E-state index is 13.1. The highest BCUT2D eigenvalue weighted by Crippen LogP contribution is 2.31. The Labute approximate surface area is 166 Å². The Hall–Kier alpha value is -2.34. The summed E-state index contributed by atoms with van der Waals surface area (Å²) in [6.07, 6.45) is 2.59. The molecule has 1 fully saturated rings. The highest BCUT2D eigenvalue weighted by molar-refractivity contribution is 5.94. The Bertz CT molecular complexity index is 868. The number of likely N-dealkylation sites (tertiary alicyclic amines) is 1. The zero-order valence-corrected chi connectivity index (χ0v) is 17.1. The SMILES string of the molecule is Cc1ccc(OC2CCN(C(=O)c3n[nH]c4c3C[C@@H](C)O[C@H]4C)CC2)cc1C. The van der Waals surface area contributed by atoms with Gasteiger partial charge in [0.05, 0.1) is 17.9 Å². The van der Waals surface area contributed by atoms with Gasteiger partial charge >= 0.3 is 0 Å². The van der Waals surface area contributed by atoms with Crippen molar-refractivity contribution in [3.63, 3.8) is 0 Å². The molecule has 1 aromatic carbocycles. The predicted octanol–water partition coefficient (Wildman–Crippen LogP) is 3.73. The molecule has 3 heterocycles. The largest absolute Gasteiger partial charge is 0.490 e. The third-order valence-electron chi connectivity index (χ3n) is 5.95. The molecule has 1 saturated heterocycles. The van der Waals surface area contributed by atoms with Crippen LogP contribution in [0, 0.1) is 13.8 Å². The molecule has 0 aliphatic carbocycles. The first-order valence-corrected chi connectivity index (χ1v) is 10.2. The van der Waals surface area contributed by atoms with Gasteiger partial charge in [0.15, 0.2) is 5.69 Å². The van der Waals surface area contributed by atoms with Crippen molar-refractivity contribution < 1.29 is 14.3 Å². The number of hydrogen-bond acceptors (Lipinski definition) is 4. The Kier molecular flexibility index (Phi) is 5.15. The van der Waals surface area contributed by atoms with E-state index in [0.717, 1.165) is 36.3 Å². The minimum atomic E-state index is -0.0510. The third kappa shape index (κ3) is 3.65. The van der Waals surface area contributed by atoms with E-state index >= 15 is 0 Å². The van der Waals surface area contributed by atoms with Crippen LogP contribution in [0.15, 0.2) is 18.2 Å². The maximum atomic E-state index is 13.1. The summed E-state index contributed by atoms with van der Waals surface area (Å²) in [5.74, 6) is 0.931. The molecule has 28 heavy (non-hydrogen) atoms. The Balaban J connectivity index is 1.39. The van der Waals surface area contributed by atoms with Gasteiger partial charge in [0.25, 0.3) is 5.91 Å². The number of hydrogen-bond donors (Lipinski definition) is 1. The number of aromatic amines is 1.